The van der Waals surface area contributed by atoms with Crippen LogP contribution in [-0.4, -0.2) is 96.7 Å². The average molecular weight is 1420 g/mol. The number of phosphoric ester groups is 2. The predicted molar refractivity (Wildman–Crippen MR) is 399 cm³/mol. The molecule has 0 aliphatic heterocycles. The molecule has 17 nitrogen and oxygen atoms in total. The van der Waals surface area contributed by atoms with E-state index in [0.717, 1.165) is 161 Å². The standard InChI is InChI=1S/C79H134O17P2/c1-5-9-13-17-21-25-29-32-34-35-36-37-39-42-45-48-52-56-60-64-77(82)90-70-75(96-79(84)66-62-58-54-50-46-40-31-27-23-19-15-11-7-3)72-94-98(87,88)92-68-73(80)67-91-97(85,86)93-71-74(95-78(83)65-61-57-53-49-43-28-24-20-16-12-8-4)69-89-76(81)63-59-55-51-47-44-41-38-33-30-26-22-18-14-10-6-2/h9,13,15,19-21,24-25,27,31-34,36-38,42,45,52,56,73-75,80H,5-8,10-12,14,16-18,22-23,26,28-30,35,39-41,43-44,46-51,53-55,57-72H2,1-4H3,(H,85,86)(H,87,88)/b13-9-,19-15-,24-20-,25-21-,31-27-,34-32-,37-36-,38-33-,45-42-,56-52-. The molecule has 19 heteroatoms. The van der Waals surface area contributed by atoms with Crippen LogP contribution in [0.5, 0.6) is 0 Å². The highest BCUT2D eigenvalue weighted by atomic mass is 31.2. The van der Waals surface area contributed by atoms with E-state index < -0.39 is 97.5 Å². The summed E-state index contributed by atoms with van der Waals surface area (Å²) in [4.78, 5) is 72.7. The number of unbranched alkanes of at least 4 members (excludes halogenated alkanes) is 24. The number of carbonyl (C=O) groups excluding carboxylic acids is 4. The van der Waals surface area contributed by atoms with Crippen molar-refractivity contribution in [2.24, 2.45) is 0 Å². The molecule has 0 aliphatic rings. The van der Waals surface area contributed by atoms with E-state index in [9.17, 15) is 43.2 Å². The highest BCUT2D eigenvalue weighted by Crippen LogP contribution is 2.45. The molecule has 0 spiro atoms. The Kier molecular flexibility index (Phi) is 67.6. The fraction of sp³-hybridized carbons (Fsp3) is 0.696. The van der Waals surface area contributed by atoms with Gasteiger partial charge in [0.1, 0.15) is 19.3 Å². The molecule has 0 bridgehead atoms. The summed E-state index contributed by atoms with van der Waals surface area (Å²) in [5, 5.41) is 10.6. The third-order valence-electron chi connectivity index (χ3n) is 15.4. The molecule has 0 radical (unpaired) electrons. The monoisotopic (exact) mass is 1420 g/mol. The number of hydrogen-bond donors (Lipinski definition) is 3. The summed E-state index contributed by atoms with van der Waals surface area (Å²) in [7, 11) is -9.97. The number of esters is 4. The van der Waals surface area contributed by atoms with Crippen LogP contribution in [0.4, 0.5) is 0 Å². The number of allylic oxidation sites excluding steroid dienone is 20. The van der Waals surface area contributed by atoms with E-state index >= 15 is 0 Å². The van der Waals surface area contributed by atoms with Crippen LogP contribution in [0, 0.1) is 0 Å². The highest BCUT2D eigenvalue weighted by Gasteiger charge is 2.30. The number of aliphatic hydroxyl groups is 1. The van der Waals surface area contributed by atoms with E-state index in [2.05, 4.69) is 131 Å². The first-order valence-electron chi connectivity index (χ1n) is 37.8. The molecule has 0 fully saturated rings. The summed E-state index contributed by atoms with van der Waals surface area (Å²) in [5.41, 5.74) is 0. The Balaban J connectivity index is 5.39. The molecular formula is C79H134O17P2. The van der Waals surface area contributed by atoms with E-state index in [-0.39, 0.29) is 25.7 Å². The Morgan fingerprint density at radius 2 is 0.582 bits per heavy atom. The second kappa shape index (κ2) is 70.9. The number of aliphatic hydroxyl groups excluding tert-OH is 1. The number of ether oxygens (including phenoxy) is 4. The highest BCUT2D eigenvalue weighted by molar-refractivity contribution is 7.47. The molecule has 0 saturated heterocycles. The van der Waals surface area contributed by atoms with E-state index in [1.807, 2.05) is 18.2 Å². The van der Waals surface area contributed by atoms with Crippen molar-refractivity contribution < 1.29 is 80.2 Å². The van der Waals surface area contributed by atoms with E-state index in [1.54, 1.807) is 0 Å². The van der Waals surface area contributed by atoms with Gasteiger partial charge in [0.05, 0.1) is 26.4 Å². The van der Waals surface area contributed by atoms with Gasteiger partial charge in [-0.2, -0.15) is 0 Å². The quantitative estimate of drug-likeness (QED) is 0.0169. The minimum Gasteiger partial charge on any atom is -0.462 e. The lowest BCUT2D eigenvalue weighted by Gasteiger charge is -2.21. The van der Waals surface area contributed by atoms with E-state index in [4.69, 9.17) is 37.0 Å². The van der Waals surface area contributed by atoms with Crippen molar-refractivity contribution in [2.45, 2.75) is 316 Å². The SMILES string of the molecule is CC/C=C\C/C=C\C/C=C\C/C=C\C/C=C\C/C=C\CCC(=O)OCC(COP(=O)(O)OCC(O)COP(=O)(O)OCC(COC(=O)CCCCCCC/C=C\CCCCCCCC)OC(=O)CCCCCCC/C=C\CCCC)OC(=O)CCCCCCC/C=C\C/C=C\CCC. The molecule has 0 aliphatic carbocycles. The van der Waals surface area contributed by atoms with Gasteiger partial charge in [-0.05, 0) is 135 Å². The van der Waals surface area contributed by atoms with Crippen molar-refractivity contribution in [3.05, 3.63) is 122 Å². The van der Waals surface area contributed by atoms with Gasteiger partial charge < -0.3 is 33.8 Å². The molecular weight excluding hydrogens is 1280 g/mol. The largest absolute Gasteiger partial charge is 0.472 e. The van der Waals surface area contributed by atoms with Gasteiger partial charge in [0, 0.05) is 25.7 Å². The normalized spacial score (nSPS) is 14.6. The van der Waals surface area contributed by atoms with Crippen LogP contribution in [0.15, 0.2) is 122 Å². The van der Waals surface area contributed by atoms with E-state index in [1.165, 1.54) is 51.4 Å². The topological polar surface area (TPSA) is 237 Å². The van der Waals surface area contributed by atoms with Gasteiger partial charge in [-0.3, -0.25) is 37.3 Å². The van der Waals surface area contributed by atoms with Crippen molar-refractivity contribution in [1.29, 1.82) is 0 Å². The maximum Gasteiger partial charge on any atom is 0.472 e. The fourth-order valence-corrected chi connectivity index (χ4v) is 11.2. The Labute approximate surface area is 593 Å². The molecule has 562 valence electrons. The number of carbonyl (C=O) groups is 4. The Morgan fingerprint density at radius 1 is 0.296 bits per heavy atom. The molecule has 0 aromatic heterocycles. The van der Waals surface area contributed by atoms with Gasteiger partial charge in [0.2, 0.25) is 0 Å². The van der Waals surface area contributed by atoms with Gasteiger partial charge in [-0.1, -0.05) is 258 Å². The first kappa shape index (κ1) is 93.5. The summed E-state index contributed by atoms with van der Waals surface area (Å²) in [5.74, 6) is -2.31. The van der Waals surface area contributed by atoms with Crippen LogP contribution >= 0.6 is 15.6 Å². The first-order chi connectivity index (χ1) is 47.7. The van der Waals surface area contributed by atoms with Gasteiger partial charge in [-0.25, -0.2) is 9.13 Å². The van der Waals surface area contributed by atoms with Crippen LogP contribution in [0.25, 0.3) is 0 Å². The van der Waals surface area contributed by atoms with Gasteiger partial charge in [0.15, 0.2) is 12.2 Å². The molecule has 0 heterocycles. The molecule has 3 N–H and O–H groups in total. The van der Waals surface area contributed by atoms with Crippen LogP contribution in [0.1, 0.15) is 297 Å². The van der Waals surface area contributed by atoms with Crippen molar-refractivity contribution in [3.63, 3.8) is 0 Å². The Morgan fingerprint density at radius 3 is 0.959 bits per heavy atom. The second-order valence-corrected chi connectivity index (χ2v) is 27.8. The second-order valence-electron chi connectivity index (χ2n) is 24.8. The Hall–Kier alpha value is -4.54. The Bertz CT molecular complexity index is 2340. The summed E-state index contributed by atoms with van der Waals surface area (Å²) in [6.07, 6.45) is 76.4. The minimum atomic E-state index is -4.99. The molecule has 5 unspecified atom stereocenters. The van der Waals surface area contributed by atoms with Crippen LogP contribution in [-0.2, 0) is 65.4 Å². The van der Waals surface area contributed by atoms with E-state index in [0.29, 0.717) is 32.1 Å². The van der Waals surface area contributed by atoms with Gasteiger partial charge >= 0.3 is 39.5 Å². The number of phosphoric acid groups is 2. The smallest absolute Gasteiger partial charge is 0.462 e. The zero-order valence-electron chi connectivity index (χ0n) is 61.2. The third kappa shape index (κ3) is 69.9. The minimum absolute atomic E-state index is 0.0306. The third-order valence-corrected chi connectivity index (χ3v) is 17.3. The molecule has 0 aromatic rings. The summed E-state index contributed by atoms with van der Waals surface area (Å²) >= 11 is 0. The lowest BCUT2D eigenvalue weighted by atomic mass is 10.1. The number of hydrogen-bond acceptors (Lipinski definition) is 15. The fourth-order valence-electron chi connectivity index (χ4n) is 9.61. The van der Waals surface area contributed by atoms with Gasteiger partial charge in [0.25, 0.3) is 0 Å². The van der Waals surface area contributed by atoms with Crippen molar-refractivity contribution in [3.8, 4) is 0 Å². The van der Waals surface area contributed by atoms with Crippen molar-refractivity contribution in [2.75, 3.05) is 39.6 Å². The zero-order valence-corrected chi connectivity index (χ0v) is 63.0. The summed E-state index contributed by atoms with van der Waals surface area (Å²) in [6, 6.07) is 0. The first-order valence-corrected chi connectivity index (χ1v) is 40.8. The molecule has 0 rings (SSSR count). The molecule has 98 heavy (non-hydrogen) atoms. The molecule has 5 atom stereocenters. The lowest BCUT2D eigenvalue weighted by molar-refractivity contribution is -0.161. The molecule has 0 amide bonds. The lowest BCUT2D eigenvalue weighted by Crippen LogP contribution is -2.30. The maximum absolute atomic E-state index is 13.1. The average Bonchev–Trinajstić information content (AvgIpc) is 0.972. The summed E-state index contributed by atoms with van der Waals surface area (Å²) in [6.45, 7) is 4.52. The maximum atomic E-state index is 13.1. The van der Waals surface area contributed by atoms with Gasteiger partial charge in [-0.15, -0.1) is 0 Å². The molecule has 0 aromatic carbocycles. The van der Waals surface area contributed by atoms with Crippen molar-refractivity contribution in [1.82, 2.24) is 0 Å². The van der Waals surface area contributed by atoms with Crippen LogP contribution in [0.2, 0.25) is 0 Å². The predicted octanol–water partition coefficient (Wildman–Crippen LogP) is 21.6. The van der Waals surface area contributed by atoms with Crippen LogP contribution in [0.3, 0.4) is 0 Å². The molecule has 0 saturated carbocycles. The number of rotatable bonds is 70. The zero-order chi connectivity index (χ0) is 71.8. The summed E-state index contributed by atoms with van der Waals surface area (Å²) < 4.78 is 68.3. The van der Waals surface area contributed by atoms with Crippen molar-refractivity contribution >= 4 is 39.5 Å². The van der Waals surface area contributed by atoms with Crippen LogP contribution < -0.4 is 0 Å².